The van der Waals surface area contributed by atoms with Gasteiger partial charge >= 0.3 is 0 Å². The Morgan fingerprint density at radius 2 is 1.65 bits per heavy atom. The van der Waals surface area contributed by atoms with Gasteiger partial charge in [0.05, 0.1) is 22.9 Å². The number of amides is 2. The molecule has 1 aliphatic rings. The standard InChI is InChI=1S/C19H17BrN4O2/c20-15-4-2-1-3-14(15)19(26)24-9-7-23(8-10-24)18(25)13-5-6-16-17(11-13)22-12-21-16/h1-6,11-12H,7-10H2,(H,21,22). The Kier molecular flexibility index (Phi) is 4.46. The second kappa shape index (κ2) is 6.92. The highest BCUT2D eigenvalue weighted by Gasteiger charge is 2.26. The van der Waals surface area contributed by atoms with Crippen molar-refractivity contribution in [2.24, 2.45) is 0 Å². The molecule has 0 bridgehead atoms. The number of fused-ring (bicyclic) bond motifs is 1. The van der Waals surface area contributed by atoms with E-state index in [1.165, 1.54) is 0 Å². The van der Waals surface area contributed by atoms with E-state index in [4.69, 9.17) is 0 Å². The lowest BCUT2D eigenvalue weighted by Gasteiger charge is -2.35. The van der Waals surface area contributed by atoms with E-state index >= 15 is 0 Å². The fraction of sp³-hybridized carbons (Fsp3) is 0.211. The Morgan fingerprint density at radius 1 is 0.962 bits per heavy atom. The summed E-state index contributed by atoms with van der Waals surface area (Å²) in [6.45, 7) is 2.10. The largest absolute Gasteiger partial charge is 0.345 e. The van der Waals surface area contributed by atoms with Crippen molar-refractivity contribution in [2.45, 2.75) is 0 Å². The van der Waals surface area contributed by atoms with Gasteiger partial charge in [0.25, 0.3) is 11.8 Å². The lowest BCUT2D eigenvalue weighted by Crippen LogP contribution is -2.50. The molecule has 1 fully saturated rings. The number of imidazole rings is 1. The van der Waals surface area contributed by atoms with Gasteiger partial charge < -0.3 is 14.8 Å². The molecule has 1 aromatic heterocycles. The van der Waals surface area contributed by atoms with Crippen LogP contribution in [0.4, 0.5) is 0 Å². The summed E-state index contributed by atoms with van der Waals surface area (Å²) in [6.07, 6.45) is 1.62. The monoisotopic (exact) mass is 412 g/mol. The maximum atomic E-state index is 12.7. The third-order valence-corrected chi connectivity index (χ3v) is 5.32. The predicted octanol–water partition coefficient (Wildman–Crippen LogP) is 2.92. The highest BCUT2D eigenvalue weighted by Crippen LogP contribution is 2.20. The lowest BCUT2D eigenvalue weighted by molar-refractivity contribution is 0.0535. The summed E-state index contributed by atoms with van der Waals surface area (Å²) >= 11 is 3.43. The van der Waals surface area contributed by atoms with Crippen LogP contribution in [0.25, 0.3) is 11.0 Å². The molecule has 4 rings (SSSR count). The van der Waals surface area contributed by atoms with Crippen molar-refractivity contribution < 1.29 is 9.59 Å². The Bertz CT molecular complexity index is 976. The van der Waals surface area contributed by atoms with Crippen molar-refractivity contribution in [3.63, 3.8) is 0 Å². The van der Waals surface area contributed by atoms with Gasteiger partial charge in [0, 0.05) is 36.2 Å². The number of rotatable bonds is 2. The molecular formula is C19H17BrN4O2. The Hall–Kier alpha value is -2.67. The molecule has 1 N–H and O–H groups in total. The van der Waals surface area contributed by atoms with Gasteiger partial charge in [0.15, 0.2) is 0 Å². The number of hydrogen-bond acceptors (Lipinski definition) is 3. The maximum absolute atomic E-state index is 12.7. The lowest BCUT2D eigenvalue weighted by atomic mass is 10.1. The highest BCUT2D eigenvalue weighted by molar-refractivity contribution is 9.10. The minimum Gasteiger partial charge on any atom is -0.345 e. The van der Waals surface area contributed by atoms with Crippen LogP contribution in [-0.4, -0.2) is 57.8 Å². The van der Waals surface area contributed by atoms with Gasteiger partial charge in [0.1, 0.15) is 0 Å². The second-order valence-corrected chi connectivity index (χ2v) is 7.05. The SMILES string of the molecule is O=C(c1ccc2nc[nH]c2c1)N1CCN(C(=O)c2ccccc2Br)CC1. The van der Waals surface area contributed by atoms with Crippen LogP contribution in [0.15, 0.2) is 53.3 Å². The van der Waals surface area contributed by atoms with E-state index in [0.717, 1.165) is 15.5 Å². The van der Waals surface area contributed by atoms with Crippen molar-refractivity contribution in [3.05, 3.63) is 64.4 Å². The second-order valence-electron chi connectivity index (χ2n) is 6.20. The quantitative estimate of drug-likeness (QED) is 0.703. The molecule has 2 aromatic carbocycles. The van der Waals surface area contributed by atoms with Crippen molar-refractivity contribution in [3.8, 4) is 0 Å². The molecule has 7 heteroatoms. The summed E-state index contributed by atoms with van der Waals surface area (Å²) in [5.41, 5.74) is 2.97. The van der Waals surface area contributed by atoms with Crippen LogP contribution in [0.5, 0.6) is 0 Å². The minimum atomic E-state index is -0.0190. The molecule has 2 heterocycles. The fourth-order valence-electron chi connectivity index (χ4n) is 3.17. The van der Waals surface area contributed by atoms with Crippen LogP contribution in [0.1, 0.15) is 20.7 Å². The number of aromatic nitrogens is 2. The number of nitrogens with zero attached hydrogens (tertiary/aromatic N) is 3. The molecule has 0 saturated carbocycles. The van der Waals surface area contributed by atoms with E-state index in [0.29, 0.717) is 37.3 Å². The van der Waals surface area contributed by atoms with Crippen LogP contribution in [0.2, 0.25) is 0 Å². The average Bonchev–Trinajstić information content (AvgIpc) is 3.15. The summed E-state index contributed by atoms with van der Waals surface area (Å²) in [5, 5.41) is 0. The summed E-state index contributed by atoms with van der Waals surface area (Å²) in [7, 11) is 0. The Balaban J connectivity index is 1.43. The number of halogens is 1. The van der Waals surface area contributed by atoms with E-state index in [1.54, 1.807) is 22.2 Å². The zero-order valence-electron chi connectivity index (χ0n) is 14.0. The number of carbonyl (C=O) groups excluding carboxylic acids is 2. The summed E-state index contributed by atoms with van der Waals surface area (Å²) in [6, 6.07) is 12.9. The molecule has 26 heavy (non-hydrogen) atoms. The van der Waals surface area contributed by atoms with Crippen molar-refractivity contribution in [1.82, 2.24) is 19.8 Å². The maximum Gasteiger partial charge on any atom is 0.255 e. The molecule has 1 saturated heterocycles. The van der Waals surface area contributed by atoms with Crippen LogP contribution >= 0.6 is 15.9 Å². The number of nitrogens with one attached hydrogen (secondary N) is 1. The van der Waals surface area contributed by atoms with Crippen LogP contribution in [-0.2, 0) is 0 Å². The van der Waals surface area contributed by atoms with Crippen LogP contribution < -0.4 is 0 Å². The molecule has 132 valence electrons. The molecule has 0 radical (unpaired) electrons. The molecule has 0 spiro atoms. The molecule has 0 aliphatic carbocycles. The number of aromatic amines is 1. The van der Waals surface area contributed by atoms with Crippen LogP contribution in [0.3, 0.4) is 0 Å². The summed E-state index contributed by atoms with van der Waals surface area (Å²) < 4.78 is 0.788. The molecular weight excluding hydrogens is 396 g/mol. The predicted molar refractivity (Wildman–Crippen MR) is 102 cm³/mol. The first-order valence-electron chi connectivity index (χ1n) is 8.40. The Labute approximate surface area is 158 Å². The fourth-order valence-corrected chi connectivity index (χ4v) is 3.62. The van der Waals surface area contributed by atoms with E-state index in [-0.39, 0.29) is 11.8 Å². The highest BCUT2D eigenvalue weighted by atomic mass is 79.9. The first kappa shape index (κ1) is 16.8. The average molecular weight is 413 g/mol. The van der Waals surface area contributed by atoms with E-state index in [9.17, 15) is 9.59 Å². The molecule has 0 unspecified atom stereocenters. The molecule has 1 aliphatic heterocycles. The van der Waals surface area contributed by atoms with Gasteiger partial charge in [-0.1, -0.05) is 12.1 Å². The molecule has 6 nitrogen and oxygen atoms in total. The van der Waals surface area contributed by atoms with Gasteiger partial charge in [-0.05, 0) is 46.3 Å². The topological polar surface area (TPSA) is 69.3 Å². The van der Waals surface area contributed by atoms with Crippen molar-refractivity contribution >= 4 is 38.8 Å². The van der Waals surface area contributed by atoms with E-state index in [1.807, 2.05) is 36.4 Å². The van der Waals surface area contributed by atoms with E-state index < -0.39 is 0 Å². The van der Waals surface area contributed by atoms with Gasteiger partial charge in [-0.3, -0.25) is 9.59 Å². The van der Waals surface area contributed by atoms with Gasteiger partial charge in [0.2, 0.25) is 0 Å². The zero-order valence-corrected chi connectivity index (χ0v) is 15.6. The van der Waals surface area contributed by atoms with Gasteiger partial charge in [-0.15, -0.1) is 0 Å². The third-order valence-electron chi connectivity index (χ3n) is 4.63. The number of piperazine rings is 1. The minimum absolute atomic E-state index is 0.0107. The summed E-state index contributed by atoms with van der Waals surface area (Å²) in [5.74, 6) is -0.0297. The smallest absolute Gasteiger partial charge is 0.255 e. The Morgan fingerprint density at radius 3 is 2.38 bits per heavy atom. The zero-order chi connectivity index (χ0) is 18.1. The summed E-state index contributed by atoms with van der Waals surface area (Å²) in [4.78, 5) is 36.2. The number of benzene rings is 2. The normalized spacial score (nSPS) is 14.7. The van der Waals surface area contributed by atoms with E-state index in [2.05, 4.69) is 25.9 Å². The van der Waals surface area contributed by atoms with Crippen molar-refractivity contribution in [1.29, 1.82) is 0 Å². The van der Waals surface area contributed by atoms with Crippen LogP contribution in [0, 0.1) is 0 Å². The van der Waals surface area contributed by atoms with Crippen molar-refractivity contribution in [2.75, 3.05) is 26.2 Å². The van der Waals surface area contributed by atoms with Gasteiger partial charge in [-0.25, -0.2) is 4.98 Å². The number of H-pyrrole nitrogens is 1. The van der Waals surface area contributed by atoms with Gasteiger partial charge in [-0.2, -0.15) is 0 Å². The third kappa shape index (κ3) is 3.10. The number of carbonyl (C=O) groups is 2. The molecule has 0 atom stereocenters. The first-order valence-corrected chi connectivity index (χ1v) is 9.19. The molecule has 2 amide bonds. The molecule has 3 aromatic rings. The number of hydrogen-bond donors (Lipinski definition) is 1. The first-order chi connectivity index (χ1) is 12.6.